The van der Waals surface area contributed by atoms with Crippen molar-refractivity contribution in [1.29, 1.82) is 0 Å². The van der Waals surface area contributed by atoms with E-state index in [-0.39, 0.29) is 0 Å². The second-order valence-electron chi connectivity index (χ2n) is 13.0. The van der Waals surface area contributed by atoms with Crippen LogP contribution in [0, 0.1) is 5.92 Å². The number of nitrogens with zero attached hydrogens (tertiary/aromatic N) is 2. The van der Waals surface area contributed by atoms with Crippen molar-refractivity contribution in [3.05, 3.63) is 54.6 Å². The van der Waals surface area contributed by atoms with E-state index in [1.807, 2.05) is 6.20 Å². The first kappa shape index (κ1) is 35.6. The van der Waals surface area contributed by atoms with E-state index in [9.17, 15) is 0 Å². The SMILES string of the molecule is CCCCCCCCCCCCCCCCCC(C(CCCCCCCCCC)Cc1ccccc1)n1ccnc1. The number of hydrogen-bond acceptors (Lipinski definition) is 1. The molecule has 0 saturated heterocycles. The standard InChI is InChI=1S/C39H68N2/c1-3-5-7-9-11-13-14-15-16-17-18-19-21-23-28-32-39(41-34-33-40-36-41)38(35-37-29-25-24-26-30-37)31-27-22-20-12-10-8-6-4-2/h24-26,29-30,33-34,36,38-39H,3-23,27-28,31-32,35H2,1-2H3. The Morgan fingerprint density at radius 1 is 0.537 bits per heavy atom. The van der Waals surface area contributed by atoms with Crippen molar-refractivity contribution < 1.29 is 0 Å². The first-order chi connectivity index (χ1) is 20.3. The molecule has 0 fully saturated rings. The molecule has 2 heteroatoms. The van der Waals surface area contributed by atoms with E-state index in [2.05, 4.69) is 66.3 Å². The van der Waals surface area contributed by atoms with Crippen LogP contribution >= 0.6 is 0 Å². The molecule has 234 valence electrons. The summed E-state index contributed by atoms with van der Waals surface area (Å²) >= 11 is 0. The summed E-state index contributed by atoms with van der Waals surface area (Å²) in [5.41, 5.74) is 1.50. The summed E-state index contributed by atoms with van der Waals surface area (Å²) in [5.74, 6) is 0.693. The normalized spacial score (nSPS) is 13.0. The molecule has 1 heterocycles. The van der Waals surface area contributed by atoms with Gasteiger partial charge in [-0.05, 0) is 30.7 Å². The lowest BCUT2D eigenvalue weighted by Gasteiger charge is -2.29. The summed E-state index contributed by atoms with van der Waals surface area (Å²) < 4.78 is 2.45. The first-order valence-corrected chi connectivity index (χ1v) is 18.4. The quantitative estimate of drug-likeness (QED) is 0.0898. The van der Waals surface area contributed by atoms with E-state index in [0.29, 0.717) is 12.0 Å². The highest BCUT2D eigenvalue weighted by molar-refractivity contribution is 5.15. The van der Waals surface area contributed by atoms with Gasteiger partial charge in [-0.1, -0.05) is 192 Å². The number of hydrogen-bond donors (Lipinski definition) is 0. The third kappa shape index (κ3) is 18.6. The zero-order chi connectivity index (χ0) is 29.1. The Morgan fingerprint density at radius 3 is 1.41 bits per heavy atom. The maximum Gasteiger partial charge on any atom is 0.0948 e. The highest BCUT2D eigenvalue weighted by Crippen LogP contribution is 2.32. The molecule has 2 unspecified atom stereocenters. The van der Waals surface area contributed by atoms with Crippen LogP contribution in [0.15, 0.2) is 49.1 Å². The van der Waals surface area contributed by atoms with Crippen molar-refractivity contribution in [2.75, 3.05) is 0 Å². The summed E-state index contributed by atoms with van der Waals surface area (Å²) in [6.45, 7) is 4.61. The van der Waals surface area contributed by atoms with Gasteiger partial charge in [0.05, 0.1) is 6.33 Å². The highest BCUT2D eigenvalue weighted by atomic mass is 15.1. The van der Waals surface area contributed by atoms with Crippen molar-refractivity contribution in [3.8, 4) is 0 Å². The van der Waals surface area contributed by atoms with Crippen molar-refractivity contribution in [3.63, 3.8) is 0 Å². The third-order valence-electron chi connectivity index (χ3n) is 9.32. The lowest BCUT2D eigenvalue weighted by Crippen LogP contribution is -2.21. The zero-order valence-electron chi connectivity index (χ0n) is 27.6. The Kier molecular flexibility index (Phi) is 22.7. The minimum absolute atomic E-state index is 0.573. The molecule has 2 nitrogen and oxygen atoms in total. The lowest BCUT2D eigenvalue weighted by atomic mass is 9.84. The molecule has 0 amide bonds. The molecule has 1 aromatic heterocycles. The summed E-state index contributed by atoms with van der Waals surface area (Å²) in [6, 6.07) is 11.8. The summed E-state index contributed by atoms with van der Waals surface area (Å²) in [4.78, 5) is 4.46. The molecule has 2 rings (SSSR count). The van der Waals surface area contributed by atoms with E-state index < -0.39 is 0 Å². The van der Waals surface area contributed by atoms with E-state index in [4.69, 9.17) is 0 Å². The van der Waals surface area contributed by atoms with E-state index in [1.165, 1.54) is 173 Å². The van der Waals surface area contributed by atoms with E-state index >= 15 is 0 Å². The van der Waals surface area contributed by atoms with E-state index in [1.54, 1.807) is 0 Å². The predicted molar refractivity (Wildman–Crippen MR) is 182 cm³/mol. The Hall–Kier alpha value is -1.57. The van der Waals surface area contributed by atoms with Crippen LogP contribution in [0.25, 0.3) is 0 Å². The molecule has 0 N–H and O–H groups in total. The van der Waals surface area contributed by atoms with Gasteiger partial charge in [0.1, 0.15) is 0 Å². The molecule has 0 aliphatic carbocycles. The predicted octanol–water partition coefficient (Wildman–Crippen LogP) is 13.1. The molecule has 0 radical (unpaired) electrons. The van der Waals surface area contributed by atoms with Gasteiger partial charge in [0.25, 0.3) is 0 Å². The molecule has 2 atom stereocenters. The molecule has 0 bridgehead atoms. The van der Waals surface area contributed by atoms with Gasteiger partial charge >= 0.3 is 0 Å². The van der Waals surface area contributed by atoms with Gasteiger partial charge < -0.3 is 4.57 Å². The number of imidazole rings is 1. The van der Waals surface area contributed by atoms with Gasteiger partial charge in [-0.15, -0.1) is 0 Å². The van der Waals surface area contributed by atoms with Crippen molar-refractivity contribution in [2.24, 2.45) is 5.92 Å². The molecule has 0 saturated carbocycles. The number of rotatable bonds is 29. The van der Waals surface area contributed by atoms with Crippen LogP contribution in [0.2, 0.25) is 0 Å². The highest BCUT2D eigenvalue weighted by Gasteiger charge is 2.23. The fourth-order valence-electron chi connectivity index (χ4n) is 6.71. The van der Waals surface area contributed by atoms with Gasteiger partial charge in [-0.25, -0.2) is 4.98 Å². The maximum atomic E-state index is 4.46. The minimum Gasteiger partial charge on any atom is -0.334 e. The van der Waals surface area contributed by atoms with E-state index in [0.717, 1.165) is 0 Å². The molecule has 41 heavy (non-hydrogen) atoms. The zero-order valence-corrected chi connectivity index (χ0v) is 27.6. The molecule has 0 spiro atoms. The second-order valence-corrected chi connectivity index (χ2v) is 13.0. The molecule has 1 aromatic carbocycles. The average molecular weight is 565 g/mol. The fourth-order valence-corrected chi connectivity index (χ4v) is 6.71. The van der Waals surface area contributed by atoms with Gasteiger partial charge in [0.15, 0.2) is 0 Å². The first-order valence-electron chi connectivity index (χ1n) is 18.4. The van der Waals surface area contributed by atoms with Crippen LogP contribution in [-0.2, 0) is 6.42 Å². The smallest absolute Gasteiger partial charge is 0.0948 e. The van der Waals surface area contributed by atoms with Gasteiger partial charge in [-0.3, -0.25) is 0 Å². The molecule has 0 aliphatic heterocycles. The minimum atomic E-state index is 0.573. The number of aromatic nitrogens is 2. The summed E-state index contributed by atoms with van der Waals surface area (Å²) in [5, 5.41) is 0. The number of unbranched alkanes of at least 4 members (excludes halogenated alkanes) is 21. The maximum absolute atomic E-state index is 4.46. The Labute approximate surface area is 256 Å². The third-order valence-corrected chi connectivity index (χ3v) is 9.32. The average Bonchev–Trinajstić information content (AvgIpc) is 3.53. The van der Waals surface area contributed by atoms with Crippen LogP contribution < -0.4 is 0 Å². The van der Waals surface area contributed by atoms with Crippen LogP contribution in [0.1, 0.15) is 186 Å². The molecule has 0 aliphatic rings. The molecule has 2 aromatic rings. The van der Waals surface area contributed by atoms with Gasteiger partial charge in [0, 0.05) is 18.4 Å². The Morgan fingerprint density at radius 2 is 0.976 bits per heavy atom. The topological polar surface area (TPSA) is 17.8 Å². The Balaban J connectivity index is 1.69. The lowest BCUT2D eigenvalue weighted by molar-refractivity contribution is 0.275. The van der Waals surface area contributed by atoms with Crippen molar-refractivity contribution >= 4 is 0 Å². The van der Waals surface area contributed by atoms with Crippen molar-refractivity contribution in [1.82, 2.24) is 9.55 Å². The monoisotopic (exact) mass is 565 g/mol. The van der Waals surface area contributed by atoms with Crippen molar-refractivity contribution in [2.45, 2.75) is 187 Å². The van der Waals surface area contributed by atoms with Crippen LogP contribution in [-0.4, -0.2) is 9.55 Å². The van der Waals surface area contributed by atoms with Crippen LogP contribution in [0.5, 0.6) is 0 Å². The summed E-state index contributed by atoms with van der Waals surface area (Å²) in [6.07, 6.45) is 42.8. The number of benzene rings is 1. The Bertz CT molecular complexity index is 768. The fraction of sp³-hybridized carbons (Fsp3) is 0.769. The largest absolute Gasteiger partial charge is 0.334 e. The summed E-state index contributed by atoms with van der Waals surface area (Å²) in [7, 11) is 0. The van der Waals surface area contributed by atoms with Gasteiger partial charge in [0.2, 0.25) is 0 Å². The van der Waals surface area contributed by atoms with Gasteiger partial charge in [-0.2, -0.15) is 0 Å². The molecular weight excluding hydrogens is 496 g/mol. The van der Waals surface area contributed by atoms with Crippen LogP contribution in [0.3, 0.4) is 0 Å². The second kappa shape index (κ2) is 26.1. The van der Waals surface area contributed by atoms with Crippen LogP contribution in [0.4, 0.5) is 0 Å². The molecular formula is C39H68N2.